The Kier molecular flexibility index (Phi) is 12.8. The molecule has 0 aliphatic rings. The van der Waals surface area contributed by atoms with Crippen LogP contribution >= 0.6 is 0 Å². The zero-order valence-corrected chi connectivity index (χ0v) is 9.76. The van der Waals surface area contributed by atoms with Crippen molar-refractivity contribution >= 4 is 0 Å². The van der Waals surface area contributed by atoms with Gasteiger partial charge in [-0.3, -0.25) is 0 Å². The van der Waals surface area contributed by atoms with Crippen LogP contribution in [0.3, 0.4) is 0 Å². The van der Waals surface area contributed by atoms with Crippen molar-refractivity contribution < 1.29 is 4.74 Å². The highest BCUT2D eigenvalue weighted by molar-refractivity contribution is 4.46. The van der Waals surface area contributed by atoms with Crippen LogP contribution in [0.4, 0.5) is 0 Å². The molecule has 14 heavy (non-hydrogen) atoms. The van der Waals surface area contributed by atoms with E-state index in [4.69, 9.17) is 10.5 Å². The molecule has 0 unspecified atom stereocenters. The molecule has 86 valence electrons. The molecular formula is C12H27NO. The quantitative estimate of drug-likeness (QED) is 0.410. The van der Waals surface area contributed by atoms with Gasteiger partial charge in [-0.15, -0.1) is 0 Å². The van der Waals surface area contributed by atoms with Crippen molar-refractivity contribution in [2.24, 2.45) is 5.73 Å². The molecule has 0 aromatic rings. The minimum Gasteiger partial charge on any atom is -0.367 e. The fourth-order valence-corrected chi connectivity index (χ4v) is 1.60. The molecule has 0 aromatic carbocycles. The van der Waals surface area contributed by atoms with Crippen molar-refractivity contribution in [1.29, 1.82) is 0 Å². The Labute approximate surface area is 89.2 Å². The van der Waals surface area contributed by atoms with Gasteiger partial charge < -0.3 is 10.5 Å². The van der Waals surface area contributed by atoms with E-state index in [9.17, 15) is 0 Å². The van der Waals surface area contributed by atoms with Crippen LogP contribution in [0.2, 0.25) is 0 Å². The summed E-state index contributed by atoms with van der Waals surface area (Å²) < 4.78 is 5.07. The molecule has 0 fully saturated rings. The van der Waals surface area contributed by atoms with Gasteiger partial charge in [0.25, 0.3) is 0 Å². The van der Waals surface area contributed by atoms with Crippen LogP contribution in [-0.2, 0) is 4.74 Å². The first-order valence-corrected chi connectivity index (χ1v) is 6.19. The predicted molar refractivity (Wildman–Crippen MR) is 62.2 cm³/mol. The van der Waals surface area contributed by atoms with E-state index in [1.165, 1.54) is 57.8 Å². The van der Waals surface area contributed by atoms with Crippen molar-refractivity contribution in [2.45, 2.75) is 64.7 Å². The molecule has 0 saturated carbocycles. The standard InChI is InChI=1S/C12H27NO/c1-2-3-4-5-6-7-8-9-10-11-14-12-13/h2-13H2,1H3. The average molecular weight is 201 g/mol. The highest BCUT2D eigenvalue weighted by Gasteiger charge is 1.91. The van der Waals surface area contributed by atoms with Gasteiger partial charge in [0, 0.05) is 6.61 Å². The second-order valence-corrected chi connectivity index (χ2v) is 3.90. The van der Waals surface area contributed by atoms with Gasteiger partial charge in [-0.05, 0) is 6.42 Å². The van der Waals surface area contributed by atoms with Crippen molar-refractivity contribution in [1.82, 2.24) is 0 Å². The molecule has 0 saturated heterocycles. The van der Waals surface area contributed by atoms with Gasteiger partial charge >= 0.3 is 0 Å². The molecule has 2 heteroatoms. The summed E-state index contributed by atoms with van der Waals surface area (Å²) >= 11 is 0. The number of rotatable bonds is 11. The van der Waals surface area contributed by atoms with Crippen LogP contribution in [0.25, 0.3) is 0 Å². The molecule has 0 aromatic heterocycles. The largest absolute Gasteiger partial charge is 0.367 e. The number of nitrogens with two attached hydrogens (primary N) is 1. The molecular weight excluding hydrogens is 174 g/mol. The monoisotopic (exact) mass is 201 g/mol. The van der Waals surface area contributed by atoms with Gasteiger partial charge in [-0.2, -0.15) is 0 Å². The van der Waals surface area contributed by atoms with E-state index in [2.05, 4.69) is 6.92 Å². The summed E-state index contributed by atoms with van der Waals surface area (Å²) in [4.78, 5) is 0. The fourth-order valence-electron chi connectivity index (χ4n) is 1.60. The van der Waals surface area contributed by atoms with Gasteiger partial charge in [0.1, 0.15) is 0 Å². The molecule has 0 rings (SSSR count). The van der Waals surface area contributed by atoms with Crippen LogP contribution in [0.15, 0.2) is 0 Å². The summed E-state index contributed by atoms with van der Waals surface area (Å²) in [5.41, 5.74) is 5.22. The van der Waals surface area contributed by atoms with E-state index in [0.717, 1.165) is 6.61 Å². The summed E-state index contributed by atoms with van der Waals surface area (Å²) in [6.45, 7) is 3.47. The molecule has 0 aliphatic carbocycles. The molecule has 0 spiro atoms. The number of hydrogen-bond acceptors (Lipinski definition) is 2. The molecule has 0 amide bonds. The molecule has 0 aliphatic heterocycles. The van der Waals surface area contributed by atoms with Crippen molar-refractivity contribution in [3.05, 3.63) is 0 Å². The first-order valence-electron chi connectivity index (χ1n) is 6.19. The number of unbranched alkanes of at least 4 members (excludes halogenated alkanes) is 8. The number of ether oxygens (including phenoxy) is 1. The van der Waals surface area contributed by atoms with E-state index in [1.54, 1.807) is 0 Å². The van der Waals surface area contributed by atoms with Gasteiger partial charge in [0.2, 0.25) is 0 Å². The Hall–Kier alpha value is -0.0800. The Bertz CT molecular complexity index is 84.3. The number of hydrogen-bond donors (Lipinski definition) is 1. The van der Waals surface area contributed by atoms with Gasteiger partial charge in [0.15, 0.2) is 0 Å². The third kappa shape index (κ3) is 11.9. The molecule has 2 N–H and O–H groups in total. The van der Waals surface area contributed by atoms with E-state index in [-0.39, 0.29) is 0 Å². The highest BCUT2D eigenvalue weighted by Crippen LogP contribution is 2.09. The van der Waals surface area contributed by atoms with Crippen LogP contribution in [0.1, 0.15) is 64.7 Å². The molecule has 0 radical (unpaired) electrons. The van der Waals surface area contributed by atoms with Gasteiger partial charge in [0.05, 0.1) is 6.73 Å². The highest BCUT2D eigenvalue weighted by atomic mass is 16.5. The third-order valence-corrected chi connectivity index (χ3v) is 2.51. The van der Waals surface area contributed by atoms with Gasteiger partial charge in [-0.1, -0.05) is 58.3 Å². The van der Waals surface area contributed by atoms with Crippen LogP contribution < -0.4 is 5.73 Å². The normalized spacial score (nSPS) is 10.7. The average Bonchev–Trinajstić information content (AvgIpc) is 2.21. The van der Waals surface area contributed by atoms with E-state index in [1.807, 2.05) is 0 Å². The van der Waals surface area contributed by atoms with Crippen molar-refractivity contribution in [3.8, 4) is 0 Å². The maximum absolute atomic E-state index is 5.22. The zero-order valence-electron chi connectivity index (χ0n) is 9.76. The van der Waals surface area contributed by atoms with Gasteiger partial charge in [-0.25, -0.2) is 0 Å². The van der Waals surface area contributed by atoms with E-state index < -0.39 is 0 Å². The first-order chi connectivity index (χ1) is 6.91. The molecule has 0 bridgehead atoms. The lowest BCUT2D eigenvalue weighted by atomic mass is 10.1. The summed E-state index contributed by atoms with van der Waals surface area (Å²) in [5, 5.41) is 0. The molecule has 0 atom stereocenters. The topological polar surface area (TPSA) is 35.2 Å². The SMILES string of the molecule is CCCCCCCCCCCOCN. The Morgan fingerprint density at radius 2 is 1.29 bits per heavy atom. The second-order valence-electron chi connectivity index (χ2n) is 3.90. The summed E-state index contributed by atoms with van der Waals surface area (Å²) in [6, 6.07) is 0. The lowest BCUT2D eigenvalue weighted by molar-refractivity contribution is 0.136. The minimum absolute atomic E-state index is 0.372. The van der Waals surface area contributed by atoms with Crippen LogP contribution in [-0.4, -0.2) is 13.3 Å². The van der Waals surface area contributed by atoms with Crippen molar-refractivity contribution in [3.63, 3.8) is 0 Å². The Morgan fingerprint density at radius 3 is 1.79 bits per heavy atom. The van der Waals surface area contributed by atoms with Crippen LogP contribution in [0, 0.1) is 0 Å². The lowest BCUT2D eigenvalue weighted by Gasteiger charge is -2.02. The zero-order chi connectivity index (χ0) is 10.5. The maximum Gasteiger partial charge on any atom is 0.0940 e. The maximum atomic E-state index is 5.22. The Balaban J connectivity index is 2.78. The fraction of sp³-hybridized carbons (Fsp3) is 1.00. The summed E-state index contributed by atoms with van der Waals surface area (Å²) in [5.74, 6) is 0. The van der Waals surface area contributed by atoms with E-state index >= 15 is 0 Å². The lowest BCUT2D eigenvalue weighted by Crippen LogP contribution is -2.05. The smallest absolute Gasteiger partial charge is 0.0940 e. The van der Waals surface area contributed by atoms with E-state index in [0.29, 0.717) is 6.73 Å². The summed E-state index contributed by atoms with van der Waals surface area (Å²) in [6.07, 6.45) is 12.2. The first kappa shape index (κ1) is 13.9. The van der Waals surface area contributed by atoms with Crippen molar-refractivity contribution in [2.75, 3.05) is 13.3 Å². The molecule has 0 heterocycles. The summed E-state index contributed by atoms with van der Waals surface area (Å²) in [7, 11) is 0. The molecule has 2 nitrogen and oxygen atoms in total. The minimum atomic E-state index is 0.372. The second kappa shape index (κ2) is 12.9. The Morgan fingerprint density at radius 1 is 0.786 bits per heavy atom. The predicted octanol–water partition coefficient (Wildman–Crippen LogP) is 3.45. The third-order valence-electron chi connectivity index (χ3n) is 2.51. The van der Waals surface area contributed by atoms with Crippen LogP contribution in [0.5, 0.6) is 0 Å².